The molecule has 3 aromatic rings. The highest BCUT2D eigenvalue weighted by Gasteiger charge is 2.16. The van der Waals surface area contributed by atoms with E-state index in [9.17, 15) is 0 Å². The molecule has 3 aromatic carbocycles. The van der Waals surface area contributed by atoms with Crippen LogP contribution in [0.3, 0.4) is 0 Å². The summed E-state index contributed by atoms with van der Waals surface area (Å²) in [6, 6.07) is 18.9. The smallest absolute Gasteiger partial charge is 0.0991 e. The normalized spacial score (nSPS) is 13.6. The Labute approximate surface area is 174 Å². The van der Waals surface area contributed by atoms with Crippen LogP contribution in [0.15, 0.2) is 58.0 Å². The first kappa shape index (κ1) is 18.7. The molecule has 0 spiro atoms. The fourth-order valence-corrected chi connectivity index (χ4v) is 4.33. The minimum atomic E-state index is 0.438. The third-order valence-corrected chi connectivity index (χ3v) is 5.80. The van der Waals surface area contributed by atoms with Gasteiger partial charge in [-0.3, -0.25) is 4.99 Å². The lowest BCUT2D eigenvalue weighted by Gasteiger charge is -2.20. The summed E-state index contributed by atoms with van der Waals surface area (Å²) in [5.41, 5.74) is 6.90. The van der Waals surface area contributed by atoms with Gasteiger partial charge in [-0.2, -0.15) is 5.26 Å². The number of hydrogen-bond donors (Lipinski definition) is 0. The molecule has 1 heterocycles. The molecule has 1 aliphatic heterocycles. The van der Waals surface area contributed by atoms with Crippen molar-refractivity contribution in [1.29, 1.82) is 5.26 Å². The summed E-state index contributed by atoms with van der Waals surface area (Å²) in [6.45, 7) is 5.32. The van der Waals surface area contributed by atoms with E-state index in [-0.39, 0.29) is 0 Å². The summed E-state index contributed by atoms with van der Waals surface area (Å²) >= 11 is 3.65. The van der Waals surface area contributed by atoms with Crippen LogP contribution in [0.1, 0.15) is 41.7 Å². The van der Waals surface area contributed by atoms with Gasteiger partial charge in [0.15, 0.2) is 0 Å². The zero-order valence-corrected chi connectivity index (χ0v) is 17.6. The van der Waals surface area contributed by atoms with Crippen molar-refractivity contribution in [3.05, 3.63) is 80.8 Å². The molecular weight excluding hydrogens is 408 g/mol. The summed E-state index contributed by atoms with van der Waals surface area (Å²) in [5.74, 6) is 0.438. The monoisotopic (exact) mass is 428 g/mol. The van der Waals surface area contributed by atoms with Crippen LogP contribution in [0, 0.1) is 17.2 Å². The van der Waals surface area contributed by atoms with E-state index in [0.29, 0.717) is 11.5 Å². The van der Waals surface area contributed by atoms with Crippen molar-refractivity contribution in [3.63, 3.8) is 0 Å². The van der Waals surface area contributed by atoms with Crippen LogP contribution < -0.4 is 0 Å². The molecule has 0 bridgehead atoms. The van der Waals surface area contributed by atoms with Gasteiger partial charge in [-0.25, -0.2) is 0 Å². The summed E-state index contributed by atoms with van der Waals surface area (Å²) in [7, 11) is 0. The first-order valence-corrected chi connectivity index (χ1v) is 10.3. The zero-order valence-electron chi connectivity index (χ0n) is 16.0. The number of halogens is 1. The van der Waals surface area contributed by atoms with Crippen LogP contribution in [0.25, 0.3) is 22.9 Å². The van der Waals surface area contributed by atoms with Gasteiger partial charge in [0.25, 0.3) is 0 Å². The molecule has 4 rings (SSSR count). The molecule has 0 saturated heterocycles. The van der Waals surface area contributed by atoms with Crippen molar-refractivity contribution in [2.45, 2.75) is 20.3 Å². The Morgan fingerprint density at radius 1 is 1.04 bits per heavy atom. The van der Waals surface area contributed by atoms with Gasteiger partial charge in [0.1, 0.15) is 0 Å². The fraction of sp³-hybridized carbons (Fsp3) is 0.200. The summed E-state index contributed by atoms with van der Waals surface area (Å²) in [5, 5.41) is 11.3. The number of nitrogens with zero attached hydrogens (tertiary/aromatic N) is 2. The lowest BCUT2D eigenvalue weighted by molar-refractivity contribution is 0.839. The topological polar surface area (TPSA) is 36.1 Å². The molecule has 28 heavy (non-hydrogen) atoms. The average molecular weight is 429 g/mol. The van der Waals surface area contributed by atoms with E-state index in [0.717, 1.165) is 33.8 Å². The first-order valence-electron chi connectivity index (χ1n) is 9.54. The predicted octanol–water partition coefficient (Wildman–Crippen LogP) is 6.65. The second kappa shape index (κ2) is 7.73. The van der Waals surface area contributed by atoms with E-state index >= 15 is 0 Å². The molecule has 138 valence electrons. The van der Waals surface area contributed by atoms with Crippen molar-refractivity contribution in [2.24, 2.45) is 10.9 Å². The summed E-state index contributed by atoms with van der Waals surface area (Å²) in [6.07, 6.45) is 5.32. The fourth-order valence-electron chi connectivity index (χ4n) is 3.72. The number of hydrogen-bond acceptors (Lipinski definition) is 2. The van der Waals surface area contributed by atoms with Crippen LogP contribution in [0.5, 0.6) is 0 Å². The van der Waals surface area contributed by atoms with Gasteiger partial charge >= 0.3 is 0 Å². The number of nitriles is 1. The molecule has 0 radical (unpaired) electrons. The van der Waals surface area contributed by atoms with Crippen molar-refractivity contribution < 1.29 is 0 Å². The van der Waals surface area contributed by atoms with Gasteiger partial charge in [-0.1, -0.05) is 60.1 Å². The Bertz CT molecular complexity index is 1160. The molecule has 0 N–H and O–H groups in total. The standard InChI is InChI=1S/C25H21BrN2/c1-16(2)25-23-12-17(5-7-20(23)9-10-28-25)3-4-18-11-21-8-6-19(15-27)13-22(21)24(26)14-18/h3-8,11-14,16H,9-10H2,1-2H3/b4-3+. The molecule has 0 amide bonds. The Hall–Kier alpha value is -2.70. The summed E-state index contributed by atoms with van der Waals surface area (Å²) in [4.78, 5) is 4.75. The maximum atomic E-state index is 9.11. The van der Waals surface area contributed by atoms with Crippen LogP contribution in [0.4, 0.5) is 0 Å². The van der Waals surface area contributed by atoms with Crippen molar-refractivity contribution in [3.8, 4) is 6.07 Å². The van der Waals surface area contributed by atoms with Gasteiger partial charge in [0, 0.05) is 16.7 Å². The van der Waals surface area contributed by atoms with Crippen LogP contribution in [0.2, 0.25) is 0 Å². The molecule has 0 aromatic heterocycles. The van der Waals surface area contributed by atoms with Gasteiger partial charge < -0.3 is 0 Å². The second-order valence-electron chi connectivity index (χ2n) is 7.47. The molecule has 0 fully saturated rings. The minimum absolute atomic E-state index is 0.438. The van der Waals surface area contributed by atoms with E-state index in [4.69, 9.17) is 10.3 Å². The SMILES string of the molecule is CC(C)C1=NCCc2ccc(/C=C/c3cc(Br)c4cc(C#N)ccc4c3)cc21. The molecule has 3 heteroatoms. The lowest BCUT2D eigenvalue weighted by Crippen LogP contribution is -2.18. The summed E-state index contributed by atoms with van der Waals surface area (Å²) < 4.78 is 1.00. The zero-order chi connectivity index (χ0) is 19.7. The minimum Gasteiger partial charge on any atom is -0.289 e. The molecule has 0 saturated carbocycles. The number of rotatable bonds is 3. The maximum Gasteiger partial charge on any atom is 0.0991 e. The van der Waals surface area contributed by atoms with Crippen molar-refractivity contribution in [2.75, 3.05) is 6.54 Å². The molecule has 0 unspecified atom stereocenters. The van der Waals surface area contributed by atoms with E-state index in [1.807, 2.05) is 18.2 Å². The maximum absolute atomic E-state index is 9.11. The van der Waals surface area contributed by atoms with Crippen LogP contribution >= 0.6 is 15.9 Å². The highest BCUT2D eigenvalue weighted by molar-refractivity contribution is 9.10. The molecule has 1 aliphatic rings. The van der Waals surface area contributed by atoms with Gasteiger partial charge in [-0.05, 0) is 75.7 Å². The third kappa shape index (κ3) is 3.66. The third-order valence-electron chi connectivity index (χ3n) is 5.14. The number of aliphatic imine (C=N–C) groups is 1. The quantitative estimate of drug-likeness (QED) is 0.430. The molecule has 0 aliphatic carbocycles. The Morgan fingerprint density at radius 3 is 2.64 bits per heavy atom. The van der Waals surface area contributed by atoms with Crippen molar-refractivity contribution >= 4 is 44.6 Å². The van der Waals surface area contributed by atoms with Crippen LogP contribution in [-0.4, -0.2) is 12.3 Å². The average Bonchev–Trinajstić information content (AvgIpc) is 2.71. The van der Waals surface area contributed by atoms with Gasteiger partial charge in [0.05, 0.1) is 11.6 Å². The van der Waals surface area contributed by atoms with Crippen molar-refractivity contribution in [1.82, 2.24) is 0 Å². The number of benzene rings is 3. The van der Waals surface area contributed by atoms with Gasteiger partial charge in [0.2, 0.25) is 0 Å². The van der Waals surface area contributed by atoms with Crippen LogP contribution in [-0.2, 0) is 6.42 Å². The predicted molar refractivity (Wildman–Crippen MR) is 122 cm³/mol. The largest absolute Gasteiger partial charge is 0.289 e. The molecule has 2 nitrogen and oxygen atoms in total. The lowest BCUT2D eigenvalue weighted by atomic mass is 9.90. The second-order valence-corrected chi connectivity index (χ2v) is 8.33. The van der Waals surface area contributed by atoms with E-state index in [2.05, 4.69) is 78.3 Å². The Balaban J connectivity index is 1.68. The van der Waals surface area contributed by atoms with E-state index in [1.165, 1.54) is 22.4 Å². The highest BCUT2D eigenvalue weighted by Crippen LogP contribution is 2.28. The molecule has 0 atom stereocenters. The van der Waals surface area contributed by atoms with E-state index in [1.54, 1.807) is 0 Å². The highest BCUT2D eigenvalue weighted by atomic mass is 79.9. The van der Waals surface area contributed by atoms with E-state index < -0.39 is 0 Å². The Morgan fingerprint density at radius 2 is 1.86 bits per heavy atom. The molecular formula is C25H21BrN2. The Kier molecular flexibility index (Phi) is 5.15. The van der Waals surface area contributed by atoms with Gasteiger partial charge in [-0.15, -0.1) is 0 Å². The number of fused-ring (bicyclic) bond motifs is 2. The first-order chi connectivity index (χ1) is 13.5.